The summed E-state index contributed by atoms with van der Waals surface area (Å²) in [7, 11) is 2.05. The molecule has 2 aromatic rings. The number of nitrogens with one attached hydrogen (secondary N) is 1. The number of hydrogen-bond donors (Lipinski definition) is 1. The minimum Gasteiger partial charge on any atom is -0.309 e. The average molecular weight is 257 g/mol. The lowest BCUT2D eigenvalue weighted by atomic mass is 9.97. The fourth-order valence-corrected chi connectivity index (χ4v) is 3.64. The van der Waals surface area contributed by atoms with Crippen molar-refractivity contribution in [1.82, 2.24) is 5.32 Å². The summed E-state index contributed by atoms with van der Waals surface area (Å²) < 4.78 is 0. The van der Waals surface area contributed by atoms with Crippen LogP contribution in [-0.4, -0.2) is 7.05 Å². The molecule has 0 aliphatic heterocycles. The molecular weight excluding hydrogens is 238 g/mol. The van der Waals surface area contributed by atoms with Gasteiger partial charge in [0.1, 0.15) is 0 Å². The first-order valence-corrected chi connectivity index (χ1v) is 7.50. The van der Waals surface area contributed by atoms with Crippen molar-refractivity contribution in [2.45, 2.75) is 32.2 Å². The molecule has 0 saturated heterocycles. The highest BCUT2D eigenvalue weighted by Gasteiger charge is 2.17. The molecule has 3 rings (SSSR count). The Balaban J connectivity index is 1.96. The molecule has 1 aliphatic rings. The van der Waals surface area contributed by atoms with Crippen LogP contribution in [0.2, 0.25) is 0 Å². The number of rotatable bonds is 3. The summed E-state index contributed by atoms with van der Waals surface area (Å²) in [5.74, 6) is 0. The van der Waals surface area contributed by atoms with Crippen molar-refractivity contribution in [3.8, 4) is 0 Å². The van der Waals surface area contributed by atoms with Gasteiger partial charge in [-0.1, -0.05) is 18.2 Å². The molecule has 0 amide bonds. The molecule has 0 saturated carbocycles. The molecule has 1 unspecified atom stereocenters. The van der Waals surface area contributed by atoms with Crippen molar-refractivity contribution in [3.05, 3.63) is 56.8 Å². The predicted octanol–water partition coefficient (Wildman–Crippen LogP) is 3.85. The van der Waals surface area contributed by atoms with Crippen LogP contribution in [0.5, 0.6) is 0 Å². The first-order valence-electron chi connectivity index (χ1n) is 6.62. The van der Waals surface area contributed by atoms with Gasteiger partial charge < -0.3 is 5.32 Å². The summed E-state index contributed by atoms with van der Waals surface area (Å²) >= 11 is 1.83. The van der Waals surface area contributed by atoms with Crippen LogP contribution >= 0.6 is 11.3 Å². The van der Waals surface area contributed by atoms with E-state index in [0.717, 1.165) is 0 Å². The van der Waals surface area contributed by atoms with Crippen LogP contribution in [-0.2, 0) is 12.8 Å². The molecule has 1 nitrogen and oxygen atoms in total. The fraction of sp³-hybridized carbons (Fsp3) is 0.375. The minimum atomic E-state index is 0.334. The van der Waals surface area contributed by atoms with E-state index in [0.29, 0.717) is 6.04 Å². The van der Waals surface area contributed by atoms with Crippen LogP contribution in [0.3, 0.4) is 0 Å². The third-order valence-electron chi connectivity index (χ3n) is 3.83. The van der Waals surface area contributed by atoms with E-state index in [1.165, 1.54) is 35.3 Å². The summed E-state index contributed by atoms with van der Waals surface area (Å²) in [5.41, 5.74) is 5.89. The Morgan fingerprint density at radius 1 is 1.11 bits per heavy atom. The summed E-state index contributed by atoms with van der Waals surface area (Å²) in [6.45, 7) is 2.17. The van der Waals surface area contributed by atoms with Crippen LogP contribution in [0.25, 0.3) is 0 Å². The zero-order chi connectivity index (χ0) is 12.5. The van der Waals surface area contributed by atoms with Crippen LogP contribution in [0.1, 0.15) is 39.6 Å². The maximum Gasteiger partial charge on any atom is 0.0582 e. The topological polar surface area (TPSA) is 12.0 Å². The normalized spacial score (nSPS) is 15.7. The second-order valence-corrected chi connectivity index (χ2v) is 6.21. The highest BCUT2D eigenvalue weighted by Crippen LogP contribution is 2.30. The van der Waals surface area contributed by atoms with Gasteiger partial charge in [0.25, 0.3) is 0 Å². The molecule has 0 radical (unpaired) electrons. The molecule has 1 N–H and O–H groups in total. The van der Waals surface area contributed by atoms with Gasteiger partial charge in [-0.05, 0) is 66.9 Å². The zero-order valence-electron chi connectivity index (χ0n) is 11.0. The molecular formula is C16H19NS. The minimum absolute atomic E-state index is 0.334. The Morgan fingerprint density at radius 3 is 2.67 bits per heavy atom. The monoisotopic (exact) mass is 257 g/mol. The number of fused-ring (bicyclic) bond motifs is 1. The second kappa shape index (κ2) is 4.87. The molecule has 1 heterocycles. The van der Waals surface area contributed by atoms with Crippen LogP contribution in [0.15, 0.2) is 29.6 Å². The van der Waals surface area contributed by atoms with Crippen LogP contribution in [0, 0.1) is 6.92 Å². The number of thiophene rings is 1. The van der Waals surface area contributed by atoms with Gasteiger partial charge in [-0.25, -0.2) is 0 Å². The van der Waals surface area contributed by atoms with Gasteiger partial charge in [0.05, 0.1) is 6.04 Å². The Bertz CT molecular complexity index is 556. The van der Waals surface area contributed by atoms with Gasteiger partial charge in [-0.2, -0.15) is 0 Å². The molecule has 1 atom stereocenters. The number of benzene rings is 1. The van der Waals surface area contributed by atoms with E-state index >= 15 is 0 Å². The maximum atomic E-state index is 3.45. The van der Waals surface area contributed by atoms with Crippen molar-refractivity contribution in [3.63, 3.8) is 0 Å². The smallest absolute Gasteiger partial charge is 0.0582 e. The molecule has 0 fully saturated rings. The summed E-state index contributed by atoms with van der Waals surface area (Å²) in [5, 5.41) is 5.71. The molecule has 1 aromatic carbocycles. The van der Waals surface area contributed by atoms with Gasteiger partial charge in [0, 0.05) is 4.88 Å². The van der Waals surface area contributed by atoms with Gasteiger partial charge in [-0.3, -0.25) is 0 Å². The van der Waals surface area contributed by atoms with Crippen LogP contribution in [0.4, 0.5) is 0 Å². The van der Waals surface area contributed by atoms with E-state index < -0.39 is 0 Å². The van der Waals surface area contributed by atoms with Gasteiger partial charge >= 0.3 is 0 Å². The Labute approximate surface area is 113 Å². The van der Waals surface area contributed by atoms with Crippen molar-refractivity contribution in [1.29, 1.82) is 0 Å². The molecule has 2 heteroatoms. The lowest BCUT2D eigenvalue weighted by molar-refractivity contribution is 0.693. The molecule has 18 heavy (non-hydrogen) atoms. The van der Waals surface area contributed by atoms with Crippen LogP contribution < -0.4 is 5.32 Å². The lowest BCUT2D eigenvalue weighted by Gasteiger charge is -2.16. The molecule has 1 aliphatic carbocycles. The Hall–Kier alpha value is -1.12. The highest BCUT2D eigenvalue weighted by atomic mass is 32.1. The van der Waals surface area contributed by atoms with E-state index in [9.17, 15) is 0 Å². The number of hydrogen-bond acceptors (Lipinski definition) is 2. The van der Waals surface area contributed by atoms with Crippen molar-refractivity contribution >= 4 is 11.3 Å². The first-order chi connectivity index (χ1) is 8.78. The third-order valence-corrected chi connectivity index (χ3v) is 4.71. The summed E-state index contributed by atoms with van der Waals surface area (Å²) in [4.78, 5) is 1.38. The average Bonchev–Trinajstić information content (AvgIpc) is 2.99. The van der Waals surface area contributed by atoms with Crippen molar-refractivity contribution in [2.24, 2.45) is 0 Å². The van der Waals surface area contributed by atoms with E-state index in [-0.39, 0.29) is 0 Å². The maximum absolute atomic E-state index is 3.45. The van der Waals surface area contributed by atoms with E-state index in [1.54, 1.807) is 11.1 Å². The Morgan fingerprint density at radius 2 is 1.94 bits per heavy atom. The zero-order valence-corrected chi connectivity index (χ0v) is 11.8. The van der Waals surface area contributed by atoms with Crippen molar-refractivity contribution in [2.75, 3.05) is 7.05 Å². The SMILES string of the molecule is CNC(c1csc(C)c1)c1ccc2c(c1)CCC2. The van der Waals surface area contributed by atoms with Gasteiger partial charge in [0.2, 0.25) is 0 Å². The predicted molar refractivity (Wildman–Crippen MR) is 78.4 cm³/mol. The fourth-order valence-electron chi connectivity index (χ4n) is 2.91. The van der Waals surface area contributed by atoms with E-state index in [1.807, 2.05) is 18.4 Å². The molecule has 1 aromatic heterocycles. The standard InChI is InChI=1S/C16H19NS/c1-11-8-15(10-18-11)16(17-2)14-7-6-12-4-3-5-13(12)9-14/h6-10,16-17H,3-5H2,1-2H3. The Kier molecular flexibility index (Phi) is 3.23. The van der Waals surface area contributed by atoms with Crippen molar-refractivity contribution < 1.29 is 0 Å². The van der Waals surface area contributed by atoms with E-state index in [4.69, 9.17) is 0 Å². The van der Waals surface area contributed by atoms with E-state index in [2.05, 4.69) is 41.9 Å². The molecule has 0 bridgehead atoms. The first kappa shape index (κ1) is 11.9. The molecule has 94 valence electrons. The van der Waals surface area contributed by atoms with Gasteiger partial charge in [-0.15, -0.1) is 11.3 Å². The number of aryl methyl sites for hydroxylation is 3. The van der Waals surface area contributed by atoms with Gasteiger partial charge in [0.15, 0.2) is 0 Å². The third kappa shape index (κ3) is 2.11. The quantitative estimate of drug-likeness (QED) is 0.880. The summed E-state index contributed by atoms with van der Waals surface area (Å²) in [6, 6.07) is 9.63. The lowest BCUT2D eigenvalue weighted by Crippen LogP contribution is -2.17. The molecule has 0 spiro atoms. The highest BCUT2D eigenvalue weighted by molar-refractivity contribution is 7.10. The summed E-state index contributed by atoms with van der Waals surface area (Å²) in [6.07, 6.45) is 3.83. The largest absolute Gasteiger partial charge is 0.309 e. The second-order valence-electron chi connectivity index (χ2n) is 5.09.